The lowest BCUT2D eigenvalue weighted by atomic mass is 9.85. The van der Waals surface area contributed by atoms with Crippen LogP contribution in [0.15, 0.2) is 24.3 Å². The highest BCUT2D eigenvalue weighted by Gasteiger charge is 2.48. The molecule has 108 valence electrons. The Bertz CT molecular complexity index is 508. The molecule has 0 atom stereocenters. The molecular formula is C15H20N2O3. The van der Waals surface area contributed by atoms with Gasteiger partial charge in [-0.05, 0) is 43.5 Å². The minimum absolute atomic E-state index is 0.410. The van der Waals surface area contributed by atoms with Crippen LogP contribution in [-0.4, -0.2) is 23.5 Å². The molecule has 1 aromatic rings. The first kappa shape index (κ1) is 14.5. The van der Waals surface area contributed by atoms with E-state index in [4.69, 9.17) is 5.73 Å². The van der Waals surface area contributed by atoms with Crippen molar-refractivity contribution >= 4 is 17.6 Å². The van der Waals surface area contributed by atoms with E-state index < -0.39 is 17.3 Å². The first-order valence-electron chi connectivity index (χ1n) is 6.92. The number of amides is 1. The van der Waals surface area contributed by atoms with Gasteiger partial charge in [-0.2, -0.15) is 0 Å². The van der Waals surface area contributed by atoms with E-state index in [9.17, 15) is 14.7 Å². The topological polar surface area (TPSA) is 92.4 Å². The van der Waals surface area contributed by atoms with Crippen LogP contribution in [0.3, 0.4) is 0 Å². The lowest BCUT2D eigenvalue weighted by Crippen LogP contribution is -2.40. The minimum atomic E-state index is -1.26. The molecule has 1 fully saturated rings. The third-order valence-corrected chi connectivity index (χ3v) is 3.92. The minimum Gasteiger partial charge on any atom is -0.480 e. The molecule has 0 saturated heterocycles. The Hall–Kier alpha value is -1.88. The van der Waals surface area contributed by atoms with Crippen molar-refractivity contribution in [2.45, 2.75) is 32.1 Å². The molecule has 1 aromatic carbocycles. The summed E-state index contributed by atoms with van der Waals surface area (Å²) in [5.41, 5.74) is 5.91. The van der Waals surface area contributed by atoms with E-state index >= 15 is 0 Å². The zero-order chi connectivity index (χ0) is 14.6. The summed E-state index contributed by atoms with van der Waals surface area (Å²) in [4.78, 5) is 23.8. The van der Waals surface area contributed by atoms with Crippen molar-refractivity contribution in [3.05, 3.63) is 29.8 Å². The molecule has 0 unspecified atom stereocenters. The molecule has 5 nitrogen and oxygen atoms in total. The third kappa shape index (κ3) is 2.82. The van der Waals surface area contributed by atoms with Gasteiger partial charge in [0, 0.05) is 5.69 Å². The SMILES string of the molecule is NCCc1cccc(NC(=O)C2(C(=O)O)CCCC2)c1. The average Bonchev–Trinajstić information content (AvgIpc) is 2.90. The number of nitrogens with two attached hydrogens (primary N) is 1. The van der Waals surface area contributed by atoms with E-state index in [0.717, 1.165) is 24.8 Å². The number of carbonyl (C=O) groups excluding carboxylic acids is 1. The summed E-state index contributed by atoms with van der Waals surface area (Å²) >= 11 is 0. The van der Waals surface area contributed by atoms with Crippen LogP contribution < -0.4 is 11.1 Å². The van der Waals surface area contributed by atoms with Crippen LogP contribution in [-0.2, 0) is 16.0 Å². The van der Waals surface area contributed by atoms with E-state index in [1.807, 2.05) is 18.2 Å². The highest BCUT2D eigenvalue weighted by Crippen LogP contribution is 2.39. The maximum atomic E-state index is 12.3. The van der Waals surface area contributed by atoms with Crippen LogP contribution in [0.25, 0.3) is 0 Å². The van der Waals surface area contributed by atoms with Crippen LogP contribution in [0, 0.1) is 5.41 Å². The fourth-order valence-corrected chi connectivity index (χ4v) is 2.74. The van der Waals surface area contributed by atoms with Gasteiger partial charge < -0.3 is 16.2 Å². The second kappa shape index (κ2) is 6.05. The average molecular weight is 276 g/mol. The van der Waals surface area contributed by atoms with Gasteiger partial charge in [0.1, 0.15) is 5.41 Å². The summed E-state index contributed by atoms with van der Waals surface area (Å²) in [7, 11) is 0. The first-order valence-corrected chi connectivity index (χ1v) is 6.92. The first-order chi connectivity index (χ1) is 9.58. The van der Waals surface area contributed by atoms with E-state index in [2.05, 4.69) is 5.32 Å². The summed E-state index contributed by atoms with van der Waals surface area (Å²) < 4.78 is 0. The van der Waals surface area contributed by atoms with E-state index in [0.29, 0.717) is 25.1 Å². The smallest absolute Gasteiger partial charge is 0.319 e. The monoisotopic (exact) mass is 276 g/mol. The van der Waals surface area contributed by atoms with E-state index in [1.165, 1.54) is 0 Å². The van der Waals surface area contributed by atoms with Crippen molar-refractivity contribution in [1.82, 2.24) is 0 Å². The Morgan fingerprint density at radius 1 is 1.30 bits per heavy atom. The molecule has 0 heterocycles. The van der Waals surface area contributed by atoms with Crippen molar-refractivity contribution in [2.24, 2.45) is 11.1 Å². The normalized spacial score (nSPS) is 16.9. The molecule has 1 amide bonds. The van der Waals surface area contributed by atoms with Gasteiger partial charge in [0.05, 0.1) is 0 Å². The molecule has 0 radical (unpaired) electrons. The van der Waals surface area contributed by atoms with Gasteiger partial charge >= 0.3 is 5.97 Å². The highest BCUT2D eigenvalue weighted by atomic mass is 16.4. The second-order valence-corrected chi connectivity index (χ2v) is 5.29. The van der Waals surface area contributed by atoms with Gasteiger partial charge in [-0.25, -0.2) is 0 Å². The number of hydrogen-bond acceptors (Lipinski definition) is 3. The molecule has 0 spiro atoms. The fourth-order valence-electron chi connectivity index (χ4n) is 2.74. The summed E-state index contributed by atoms with van der Waals surface area (Å²) in [5.74, 6) is -1.43. The number of hydrogen-bond donors (Lipinski definition) is 3. The number of carboxylic acids is 1. The molecule has 20 heavy (non-hydrogen) atoms. The molecule has 1 aliphatic carbocycles. The van der Waals surface area contributed by atoms with Crippen LogP contribution >= 0.6 is 0 Å². The number of aliphatic carboxylic acids is 1. The molecule has 5 heteroatoms. The Kier molecular flexibility index (Phi) is 4.39. The number of carboxylic acid groups (broad SMARTS) is 1. The van der Waals surface area contributed by atoms with Crippen molar-refractivity contribution in [1.29, 1.82) is 0 Å². The molecule has 4 N–H and O–H groups in total. The number of anilines is 1. The van der Waals surface area contributed by atoms with Gasteiger partial charge in [-0.1, -0.05) is 25.0 Å². The number of nitrogens with one attached hydrogen (secondary N) is 1. The van der Waals surface area contributed by atoms with Crippen molar-refractivity contribution in [3.8, 4) is 0 Å². The summed E-state index contributed by atoms with van der Waals surface area (Å²) in [6.07, 6.45) is 3.13. The second-order valence-electron chi connectivity index (χ2n) is 5.29. The van der Waals surface area contributed by atoms with Crippen molar-refractivity contribution in [3.63, 3.8) is 0 Å². The van der Waals surface area contributed by atoms with Gasteiger partial charge in [0.15, 0.2) is 0 Å². The lowest BCUT2D eigenvalue weighted by Gasteiger charge is -2.22. The van der Waals surface area contributed by atoms with Crippen LogP contribution in [0.4, 0.5) is 5.69 Å². The van der Waals surface area contributed by atoms with Crippen LogP contribution in [0.2, 0.25) is 0 Å². The predicted molar refractivity (Wildman–Crippen MR) is 76.4 cm³/mol. The zero-order valence-corrected chi connectivity index (χ0v) is 11.4. The maximum Gasteiger partial charge on any atom is 0.319 e. The number of carbonyl (C=O) groups is 2. The van der Waals surface area contributed by atoms with Crippen LogP contribution in [0.1, 0.15) is 31.2 Å². The van der Waals surface area contributed by atoms with Gasteiger partial charge in [-0.3, -0.25) is 9.59 Å². The van der Waals surface area contributed by atoms with E-state index in [1.54, 1.807) is 6.07 Å². The summed E-state index contributed by atoms with van der Waals surface area (Å²) in [5, 5.41) is 12.1. The molecule has 0 aliphatic heterocycles. The molecular weight excluding hydrogens is 256 g/mol. The number of rotatable bonds is 5. The van der Waals surface area contributed by atoms with Gasteiger partial charge in [0.25, 0.3) is 0 Å². The lowest BCUT2D eigenvalue weighted by molar-refractivity contribution is -0.153. The molecule has 0 bridgehead atoms. The summed E-state index contributed by atoms with van der Waals surface area (Å²) in [6.45, 7) is 0.538. The zero-order valence-electron chi connectivity index (χ0n) is 11.4. The Morgan fingerprint density at radius 3 is 2.60 bits per heavy atom. The largest absolute Gasteiger partial charge is 0.480 e. The van der Waals surface area contributed by atoms with Crippen molar-refractivity contribution in [2.75, 3.05) is 11.9 Å². The molecule has 0 aromatic heterocycles. The molecule has 1 saturated carbocycles. The Balaban J connectivity index is 2.14. The third-order valence-electron chi connectivity index (χ3n) is 3.92. The summed E-state index contributed by atoms with van der Waals surface area (Å²) in [6, 6.07) is 7.38. The predicted octanol–water partition coefficient (Wildman–Crippen LogP) is 1.77. The van der Waals surface area contributed by atoms with Crippen molar-refractivity contribution < 1.29 is 14.7 Å². The Morgan fingerprint density at radius 2 is 2.00 bits per heavy atom. The fraction of sp³-hybridized carbons (Fsp3) is 0.467. The van der Waals surface area contributed by atoms with Gasteiger partial charge in [0.2, 0.25) is 5.91 Å². The van der Waals surface area contributed by atoms with Gasteiger partial charge in [-0.15, -0.1) is 0 Å². The standard InChI is InChI=1S/C15H20N2O3/c16-9-6-11-4-3-5-12(10-11)17-13(18)15(14(19)20)7-1-2-8-15/h3-5,10H,1-2,6-9,16H2,(H,17,18)(H,19,20). The van der Waals surface area contributed by atoms with E-state index in [-0.39, 0.29) is 0 Å². The Labute approximate surface area is 118 Å². The molecule has 1 aliphatic rings. The quantitative estimate of drug-likeness (QED) is 0.715. The number of benzene rings is 1. The highest BCUT2D eigenvalue weighted by molar-refractivity contribution is 6.08. The maximum absolute atomic E-state index is 12.3. The molecule has 2 rings (SSSR count). The van der Waals surface area contributed by atoms with Crippen LogP contribution in [0.5, 0.6) is 0 Å².